The van der Waals surface area contributed by atoms with E-state index >= 15 is 0 Å². The van der Waals surface area contributed by atoms with Gasteiger partial charge >= 0.3 is 0 Å². The molecule has 0 radical (unpaired) electrons. The zero-order valence-electron chi connectivity index (χ0n) is 9.62. The first-order valence-corrected chi connectivity index (χ1v) is 5.59. The molecule has 1 aliphatic heterocycles. The van der Waals surface area contributed by atoms with E-state index < -0.39 is 0 Å². The van der Waals surface area contributed by atoms with Gasteiger partial charge in [0, 0.05) is 24.0 Å². The van der Waals surface area contributed by atoms with Crippen LogP contribution in [0.25, 0.3) is 0 Å². The minimum atomic E-state index is -0.358. The first-order chi connectivity index (χ1) is 6.91. The molecule has 0 spiro atoms. The van der Waals surface area contributed by atoms with Gasteiger partial charge in [0.25, 0.3) is 0 Å². The predicted molar refractivity (Wildman–Crippen MR) is 57.2 cm³/mol. The molecule has 4 unspecified atom stereocenters. The molecule has 4 heteroatoms. The Bertz CT molecular complexity index is 272. The highest BCUT2D eigenvalue weighted by atomic mass is 16.5. The lowest BCUT2D eigenvalue weighted by atomic mass is 9.72. The lowest BCUT2D eigenvalue weighted by Gasteiger charge is -2.46. The van der Waals surface area contributed by atoms with E-state index in [1.807, 2.05) is 20.8 Å². The lowest BCUT2D eigenvalue weighted by Crippen LogP contribution is -2.69. The molecule has 0 aromatic carbocycles. The smallest absolute Gasteiger partial charge is 0.225 e. The van der Waals surface area contributed by atoms with Crippen LogP contribution in [0.5, 0.6) is 0 Å². The fourth-order valence-corrected chi connectivity index (χ4v) is 2.30. The molecule has 0 aromatic heterocycles. The van der Waals surface area contributed by atoms with Crippen LogP contribution in [-0.2, 0) is 9.53 Å². The molecule has 15 heavy (non-hydrogen) atoms. The summed E-state index contributed by atoms with van der Waals surface area (Å²) >= 11 is 0. The molecule has 1 saturated heterocycles. The lowest BCUT2D eigenvalue weighted by molar-refractivity contribution is -0.133. The zero-order chi connectivity index (χ0) is 11.2. The van der Waals surface area contributed by atoms with Crippen molar-refractivity contribution in [3.8, 4) is 0 Å². The van der Waals surface area contributed by atoms with Gasteiger partial charge in [-0.05, 0) is 6.42 Å². The minimum absolute atomic E-state index is 0.0178. The van der Waals surface area contributed by atoms with Gasteiger partial charge in [-0.2, -0.15) is 0 Å². The topological polar surface area (TPSA) is 64.4 Å². The summed E-state index contributed by atoms with van der Waals surface area (Å²) in [6.07, 6.45) is 1.19. The van der Waals surface area contributed by atoms with Gasteiger partial charge in [0.05, 0.1) is 12.1 Å². The standard InChI is InChI=1S/C11H20N2O2/c1-11(2,3)10(14)13-8-7(12)6-4-5-15-9(6)8/h6-9H,4-5,12H2,1-3H3,(H,13,14). The summed E-state index contributed by atoms with van der Waals surface area (Å²) in [6.45, 7) is 6.49. The van der Waals surface area contributed by atoms with E-state index in [2.05, 4.69) is 5.32 Å². The van der Waals surface area contributed by atoms with Crippen LogP contribution in [0.15, 0.2) is 0 Å². The van der Waals surface area contributed by atoms with E-state index in [0.717, 1.165) is 13.0 Å². The number of hydrogen-bond donors (Lipinski definition) is 2. The molecule has 1 saturated carbocycles. The van der Waals surface area contributed by atoms with Crippen molar-refractivity contribution in [1.82, 2.24) is 5.32 Å². The average molecular weight is 212 g/mol. The van der Waals surface area contributed by atoms with Gasteiger partial charge in [0.2, 0.25) is 5.91 Å². The molecule has 0 aromatic rings. The Balaban J connectivity index is 1.94. The Labute approximate surface area is 90.5 Å². The van der Waals surface area contributed by atoms with Crippen LogP contribution < -0.4 is 11.1 Å². The summed E-state index contributed by atoms with van der Waals surface area (Å²) in [5, 5.41) is 2.99. The number of nitrogens with two attached hydrogens (primary N) is 1. The second-order valence-electron chi connectivity index (χ2n) is 5.61. The van der Waals surface area contributed by atoms with E-state index in [1.54, 1.807) is 0 Å². The molecule has 2 aliphatic rings. The number of fused-ring (bicyclic) bond motifs is 1. The van der Waals surface area contributed by atoms with Crippen molar-refractivity contribution in [3.63, 3.8) is 0 Å². The number of carbonyl (C=O) groups excluding carboxylic acids is 1. The normalized spacial score (nSPS) is 39.5. The maximum atomic E-state index is 11.8. The molecule has 4 atom stereocenters. The minimum Gasteiger partial charge on any atom is -0.376 e. The Morgan fingerprint density at radius 3 is 2.73 bits per heavy atom. The highest BCUT2D eigenvalue weighted by Crippen LogP contribution is 2.38. The fraction of sp³-hybridized carbons (Fsp3) is 0.909. The maximum Gasteiger partial charge on any atom is 0.225 e. The van der Waals surface area contributed by atoms with E-state index in [1.165, 1.54) is 0 Å². The Hall–Kier alpha value is -0.610. The number of nitrogens with one attached hydrogen (secondary N) is 1. The molecule has 1 aliphatic carbocycles. The summed E-state index contributed by atoms with van der Waals surface area (Å²) in [6, 6.07) is 0.0908. The van der Waals surface area contributed by atoms with Crippen molar-refractivity contribution in [1.29, 1.82) is 0 Å². The third-order valence-corrected chi connectivity index (χ3v) is 3.43. The fourth-order valence-electron chi connectivity index (χ4n) is 2.30. The Morgan fingerprint density at radius 1 is 1.47 bits per heavy atom. The van der Waals surface area contributed by atoms with Crippen LogP contribution in [0.2, 0.25) is 0 Å². The number of rotatable bonds is 1. The van der Waals surface area contributed by atoms with Crippen molar-refractivity contribution in [3.05, 3.63) is 0 Å². The van der Waals surface area contributed by atoms with Crippen LogP contribution in [-0.4, -0.2) is 30.7 Å². The third kappa shape index (κ3) is 1.76. The second-order valence-corrected chi connectivity index (χ2v) is 5.61. The van der Waals surface area contributed by atoms with E-state index in [9.17, 15) is 4.79 Å². The van der Waals surface area contributed by atoms with Crippen molar-refractivity contribution in [2.75, 3.05) is 6.61 Å². The maximum absolute atomic E-state index is 11.8. The van der Waals surface area contributed by atoms with Crippen molar-refractivity contribution in [2.24, 2.45) is 17.1 Å². The van der Waals surface area contributed by atoms with Gasteiger partial charge in [-0.1, -0.05) is 20.8 Å². The van der Waals surface area contributed by atoms with Gasteiger partial charge in [-0.15, -0.1) is 0 Å². The highest BCUT2D eigenvalue weighted by molar-refractivity contribution is 5.81. The van der Waals surface area contributed by atoms with Crippen molar-refractivity contribution in [2.45, 2.75) is 45.4 Å². The van der Waals surface area contributed by atoms with Gasteiger partial charge in [0.15, 0.2) is 0 Å². The number of hydrogen-bond acceptors (Lipinski definition) is 3. The second kappa shape index (κ2) is 3.46. The summed E-state index contributed by atoms with van der Waals surface area (Å²) in [5.74, 6) is 0.507. The Kier molecular flexibility index (Phi) is 2.51. The van der Waals surface area contributed by atoms with Crippen LogP contribution in [0, 0.1) is 11.3 Å². The first-order valence-electron chi connectivity index (χ1n) is 5.59. The summed E-state index contributed by atoms with van der Waals surface area (Å²) in [7, 11) is 0. The van der Waals surface area contributed by atoms with E-state index in [0.29, 0.717) is 5.92 Å². The monoisotopic (exact) mass is 212 g/mol. The molecule has 86 valence electrons. The highest BCUT2D eigenvalue weighted by Gasteiger charge is 2.53. The van der Waals surface area contributed by atoms with Crippen LogP contribution in [0.1, 0.15) is 27.2 Å². The molecule has 1 heterocycles. The molecular weight excluding hydrogens is 192 g/mol. The van der Waals surface area contributed by atoms with E-state index in [-0.39, 0.29) is 29.5 Å². The van der Waals surface area contributed by atoms with Gasteiger partial charge < -0.3 is 15.8 Å². The molecule has 0 bridgehead atoms. The van der Waals surface area contributed by atoms with Crippen LogP contribution in [0.3, 0.4) is 0 Å². The van der Waals surface area contributed by atoms with Gasteiger partial charge in [-0.25, -0.2) is 0 Å². The van der Waals surface area contributed by atoms with Crippen molar-refractivity contribution >= 4 is 5.91 Å². The molecular formula is C11H20N2O2. The van der Waals surface area contributed by atoms with Gasteiger partial charge in [-0.3, -0.25) is 4.79 Å². The van der Waals surface area contributed by atoms with Crippen molar-refractivity contribution < 1.29 is 9.53 Å². The Morgan fingerprint density at radius 2 is 2.13 bits per heavy atom. The molecule has 1 amide bonds. The van der Waals surface area contributed by atoms with Crippen LogP contribution >= 0.6 is 0 Å². The summed E-state index contributed by atoms with van der Waals surface area (Å²) in [4.78, 5) is 11.8. The SMILES string of the molecule is CC(C)(C)C(=O)NC1C(N)C2CCOC21. The number of ether oxygens (including phenoxy) is 1. The summed E-state index contributed by atoms with van der Waals surface area (Å²) in [5.41, 5.74) is 5.65. The number of amides is 1. The molecule has 3 N–H and O–H groups in total. The van der Waals surface area contributed by atoms with Gasteiger partial charge in [0.1, 0.15) is 0 Å². The number of carbonyl (C=O) groups is 1. The first kappa shape index (κ1) is 10.9. The van der Waals surface area contributed by atoms with Crippen LogP contribution in [0.4, 0.5) is 0 Å². The average Bonchev–Trinajstić information content (AvgIpc) is 2.56. The molecule has 4 nitrogen and oxygen atoms in total. The largest absolute Gasteiger partial charge is 0.376 e. The zero-order valence-corrected chi connectivity index (χ0v) is 9.62. The molecule has 2 rings (SSSR count). The third-order valence-electron chi connectivity index (χ3n) is 3.43. The van der Waals surface area contributed by atoms with E-state index in [4.69, 9.17) is 10.5 Å². The summed E-state index contributed by atoms with van der Waals surface area (Å²) < 4.78 is 5.55. The molecule has 2 fully saturated rings. The predicted octanol–water partition coefficient (Wildman–Crippen LogP) is 0.263. The quantitative estimate of drug-likeness (QED) is 0.655.